The zero-order chi connectivity index (χ0) is 15.7. The number of hydrogen-bond acceptors (Lipinski definition) is 2. The van der Waals surface area contributed by atoms with E-state index in [-0.39, 0.29) is 5.91 Å². The highest BCUT2D eigenvalue weighted by Crippen LogP contribution is 2.19. The van der Waals surface area contributed by atoms with Gasteiger partial charge in [0.25, 0.3) is 5.91 Å². The molecule has 0 fully saturated rings. The lowest BCUT2D eigenvalue weighted by Crippen LogP contribution is -2.25. The number of benzene rings is 2. The summed E-state index contributed by atoms with van der Waals surface area (Å²) in [6, 6.07) is 13.6. The molecule has 2 aromatic carbocycles. The van der Waals surface area contributed by atoms with Crippen LogP contribution >= 0.6 is 38.5 Å². The minimum absolute atomic E-state index is 0.0993. The van der Waals surface area contributed by atoms with E-state index >= 15 is 0 Å². The summed E-state index contributed by atoms with van der Waals surface area (Å²) in [5.41, 5.74) is 2.66. The molecule has 3 aromatic rings. The van der Waals surface area contributed by atoms with Gasteiger partial charge in [-0.1, -0.05) is 28.1 Å². The summed E-state index contributed by atoms with van der Waals surface area (Å²) in [5, 5.41) is 2.94. The van der Waals surface area contributed by atoms with Crippen LogP contribution in [0.3, 0.4) is 0 Å². The Labute approximate surface area is 150 Å². The van der Waals surface area contributed by atoms with Crippen LogP contribution in [0, 0.1) is 3.57 Å². The Morgan fingerprint density at radius 1 is 1.32 bits per heavy atom. The Bertz CT molecular complexity index is 860. The average molecular weight is 470 g/mol. The number of halogens is 2. The van der Waals surface area contributed by atoms with Gasteiger partial charge in [0.15, 0.2) is 0 Å². The van der Waals surface area contributed by atoms with Gasteiger partial charge in [0.05, 0.1) is 23.1 Å². The molecule has 3 rings (SSSR count). The number of nitrogens with zero attached hydrogens (tertiary/aromatic N) is 2. The first-order chi connectivity index (χ1) is 10.6. The molecule has 0 radical (unpaired) electrons. The van der Waals surface area contributed by atoms with Crippen molar-refractivity contribution in [1.29, 1.82) is 0 Å². The fourth-order valence-corrected chi connectivity index (χ4v) is 3.22. The monoisotopic (exact) mass is 469 g/mol. The third kappa shape index (κ3) is 3.03. The molecule has 0 aliphatic carbocycles. The molecule has 22 heavy (non-hydrogen) atoms. The molecule has 0 aliphatic heterocycles. The number of fused-ring (bicyclic) bond motifs is 1. The number of aromatic nitrogens is 2. The van der Waals surface area contributed by atoms with E-state index in [0.717, 1.165) is 24.9 Å². The van der Waals surface area contributed by atoms with E-state index in [9.17, 15) is 4.79 Å². The first-order valence-electron chi connectivity index (χ1n) is 6.70. The maximum absolute atomic E-state index is 12.3. The van der Waals surface area contributed by atoms with Gasteiger partial charge >= 0.3 is 0 Å². The normalized spacial score (nSPS) is 10.9. The number of rotatable bonds is 3. The molecule has 1 amide bonds. The van der Waals surface area contributed by atoms with Gasteiger partial charge in [0, 0.05) is 15.1 Å². The van der Waals surface area contributed by atoms with Crippen LogP contribution in [0.1, 0.15) is 16.2 Å². The molecule has 0 saturated carbocycles. The number of carbonyl (C=O) groups excluding carboxylic acids is 1. The number of carbonyl (C=O) groups is 1. The van der Waals surface area contributed by atoms with Gasteiger partial charge in [0.2, 0.25) is 0 Å². The zero-order valence-corrected chi connectivity index (χ0v) is 15.6. The van der Waals surface area contributed by atoms with Crippen LogP contribution in [-0.4, -0.2) is 15.5 Å². The number of nitrogens with one attached hydrogen (secondary N) is 1. The Morgan fingerprint density at radius 2 is 2.09 bits per heavy atom. The number of amides is 1. The molecular weight excluding hydrogens is 457 g/mol. The van der Waals surface area contributed by atoms with Crippen LogP contribution in [0.2, 0.25) is 0 Å². The Balaban J connectivity index is 1.80. The van der Waals surface area contributed by atoms with E-state index in [0.29, 0.717) is 12.1 Å². The quantitative estimate of drug-likeness (QED) is 0.592. The van der Waals surface area contributed by atoms with Gasteiger partial charge in [-0.25, -0.2) is 4.98 Å². The van der Waals surface area contributed by atoms with Gasteiger partial charge in [-0.05, 0) is 52.9 Å². The van der Waals surface area contributed by atoms with Crippen molar-refractivity contribution in [2.45, 2.75) is 6.54 Å². The summed E-state index contributed by atoms with van der Waals surface area (Å²) in [4.78, 5) is 16.9. The fourth-order valence-electron chi connectivity index (χ4n) is 2.28. The first-order valence-corrected chi connectivity index (χ1v) is 8.57. The van der Waals surface area contributed by atoms with Crippen LogP contribution in [0.5, 0.6) is 0 Å². The molecule has 0 atom stereocenters. The van der Waals surface area contributed by atoms with Gasteiger partial charge < -0.3 is 9.88 Å². The standard InChI is InChI=1S/C16H13BrIN3O/c1-21-14-5-3-2-4-13(14)20-15(21)9-19-16(22)11-8-10(17)6-7-12(11)18/h2-8H,9H2,1H3,(H,19,22). The summed E-state index contributed by atoms with van der Waals surface area (Å²) in [6.07, 6.45) is 0. The van der Waals surface area contributed by atoms with Gasteiger partial charge in [-0.15, -0.1) is 0 Å². The molecule has 0 spiro atoms. The summed E-state index contributed by atoms with van der Waals surface area (Å²) >= 11 is 5.56. The third-order valence-corrected chi connectivity index (χ3v) is 4.89. The zero-order valence-electron chi connectivity index (χ0n) is 11.8. The second kappa shape index (κ2) is 6.37. The molecule has 6 heteroatoms. The molecule has 112 valence electrons. The van der Waals surface area contributed by atoms with Crippen molar-refractivity contribution in [2.24, 2.45) is 7.05 Å². The molecule has 0 unspecified atom stereocenters. The highest BCUT2D eigenvalue weighted by Gasteiger charge is 2.12. The number of aryl methyl sites for hydroxylation is 1. The highest BCUT2D eigenvalue weighted by molar-refractivity contribution is 14.1. The second-order valence-corrected chi connectivity index (χ2v) is 6.96. The summed E-state index contributed by atoms with van der Waals surface area (Å²) in [5.74, 6) is 0.734. The van der Waals surface area contributed by atoms with Crippen molar-refractivity contribution in [3.8, 4) is 0 Å². The van der Waals surface area contributed by atoms with E-state index < -0.39 is 0 Å². The maximum atomic E-state index is 12.3. The van der Waals surface area contributed by atoms with E-state index in [1.165, 1.54) is 0 Å². The predicted octanol–water partition coefficient (Wildman–Crippen LogP) is 3.87. The van der Waals surface area contributed by atoms with Gasteiger partial charge in [-0.2, -0.15) is 0 Å². The smallest absolute Gasteiger partial charge is 0.252 e. The van der Waals surface area contributed by atoms with E-state index in [1.807, 2.05) is 54.1 Å². The molecule has 0 bridgehead atoms. The molecule has 0 aliphatic rings. The number of imidazole rings is 1. The van der Waals surface area contributed by atoms with E-state index in [1.54, 1.807) is 0 Å². The van der Waals surface area contributed by atoms with Crippen LogP contribution < -0.4 is 5.32 Å². The number of hydrogen-bond donors (Lipinski definition) is 1. The molecule has 1 heterocycles. The third-order valence-electron chi connectivity index (χ3n) is 3.46. The van der Waals surface area contributed by atoms with Crippen molar-refractivity contribution in [3.63, 3.8) is 0 Å². The molecule has 0 saturated heterocycles. The van der Waals surface area contributed by atoms with Crippen LogP contribution in [0.4, 0.5) is 0 Å². The number of para-hydroxylation sites is 2. The van der Waals surface area contributed by atoms with Crippen molar-refractivity contribution >= 4 is 55.5 Å². The van der Waals surface area contributed by atoms with Gasteiger partial charge in [-0.3, -0.25) is 4.79 Å². The van der Waals surface area contributed by atoms with Crippen LogP contribution in [-0.2, 0) is 13.6 Å². The molecule has 4 nitrogen and oxygen atoms in total. The Kier molecular flexibility index (Phi) is 4.49. The summed E-state index contributed by atoms with van der Waals surface area (Å²) in [7, 11) is 1.96. The predicted molar refractivity (Wildman–Crippen MR) is 98.7 cm³/mol. The van der Waals surface area contributed by atoms with Gasteiger partial charge in [0.1, 0.15) is 5.82 Å². The fraction of sp³-hybridized carbons (Fsp3) is 0.125. The minimum atomic E-state index is -0.0993. The van der Waals surface area contributed by atoms with Crippen LogP contribution in [0.15, 0.2) is 46.9 Å². The topological polar surface area (TPSA) is 46.9 Å². The first kappa shape index (κ1) is 15.5. The second-order valence-electron chi connectivity index (χ2n) is 4.88. The molecular formula is C16H13BrIN3O. The minimum Gasteiger partial charge on any atom is -0.345 e. The Hall–Kier alpha value is -1.41. The molecule has 1 N–H and O–H groups in total. The average Bonchev–Trinajstić information content (AvgIpc) is 2.84. The lowest BCUT2D eigenvalue weighted by Gasteiger charge is -2.07. The van der Waals surface area contributed by atoms with Crippen molar-refractivity contribution < 1.29 is 4.79 Å². The maximum Gasteiger partial charge on any atom is 0.252 e. The van der Waals surface area contributed by atoms with Crippen molar-refractivity contribution in [1.82, 2.24) is 14.9 Å². The lowest BCUT2D eigenvalue weighted by atomic mass is 10.2. The molecule has 1 aromatic heterocycles. The van der Waals surface area contributed by atoms with E-state index in [4.69, 9.17) is 0 Å². The van der Waals surface area contributed by atoms with E-state index in [2.05, 4.69) is 48.8 Å². The SMILES string of the molecule is Cn1c(CNC(=O)c2cc(Br)ccc2I)nc2ccccc21. The lowest BCUT2D eigenvalue weighted by molar-refractivity contribution is 0.0948. The van der Waals surface area contributed by atoms with Crippen molar-refractivity contribution in [3.05, 3.63) is 61.9 Å². The summed E-state index contributed by atoms with van der Waals surface area (Å²) < 4.78 is 3.81. The Morgan fingerprint density at radius 3 is 2.86 bits per heavy atom. The highest BCUT2D eigenvalue weighted by atomic mass is 127. The summed E-state index contributed by atoms with van der Waals surface area (Å²) in [6.45, 7) is 0.395. The van der Waals surface area contributed by atoms with Crippen molar-refractivity contribution in [2.75, 3.05) is 0 Å². The van der Waals surface area contributed by atoms with Crippen LogP contribution in [0.25, 0.3) is 11.0 Å². The largest absolute Gasteiger partial charge is 0.345 e.